The molecule has 2 bridgehead atoms. The molecule has 4 fully saturated rings. The van der Waals surface area contributed by atoms with Crippen LogP contribution in [-0.4, -0.2) is 48.7 Å². The molecule has 0 unspecified atom stereocenters. The molecule has 4 aliphatic rings. The Bertz CT molecular complexity index is 1240. The van der Waals surface area contributed by atoms with Gasteiger partial charge in [0.15, 0.2) is 0 Å². The molecule has 3 saturated carbocycles. The van der Waals surface area contributed by atoms with Gasteiger partial charge in [0.25, 0.3) is 0 Å². The Morgan fingerprint density at radius 2 is 1.80 bits per heavy atom. The highest BCUT2D eigenvalue weighted by molar-refractivity contribution is 6.47. The summed E-state index contributed by atoms with van der Waals surface area (Å²) in [5.41, 5.74) is 7.18. The molecular formula is C32H46BN3O4. The van der Waals surface area contributed by atoms with E-state index in [1.807, 2.05) is 30.3 Å². The van der Waals surface area contributed by atoms with E-state index in [1.165, 1.54) is 6.42 Å². The van der Waals surface area contributed by atoms with Crippen LogP contribution in [0.4, 0.5) is 0 Å². The van der Waals surface area contributed by atoms with Crippen molar-refractivity contribution in [3.05, 3.63) is 48.0 Å². The maximum absolute atomic E-state index is 13.3. The SMILES string of the molecule is CCCCC[C@H](NC(=O)[C@H](C)NC(=O)[C@H](N)Cc1ccc2ccccc2c1)B1O[C@@H]2C[C@@H]3C[C@@H](C3(C)C)[C@]2(C)O1. The molecule has 0 spiro atoms. The summed E-state index contributed by atoms with van der Waals surface area (Å²) in [6.07, 6.45) is 6.56. The van der Waals surface area contributed by atoms with Crippen molar-refractivity contribution in [1.82, 2.24) is 10.6 Å². The van der Waals surface area contributed by atoms with Crippen LogP contribution in [0.5, 0.6) is 0 Å². The van der Waals surface area contributed by atoms with Crippen LogP contribution in [-0.2, 0) is 25.3 Å². The number of carbonyl (C=O) groups is 2. The number of nitrogens with one attached hydrogen (secondary N) is 2. The van der Waals surface area contributed by atoms with Crippen molar-refractivity contribution in [1.29, 1.82) is 0 Å². The lowest BCUT2D eigenvalue weighted by Crippen LogP contribution is -2.65. The van der Waals surface area contributed by atoms with Crippen molar-refractivity contribution in [3.8, 4) is 0 Å². The summed E-state index contributed by atoms with van der Waals surface area (Å²) in [4.78, 5) is 26.2. The van der Waals surface area contributed by atoms with Crippen LogP contribution in [0.15, 0.2) is 42.5 Å². The molecule has 1 heterocycles. The quantitative estimate of drug-likeness (QED) is 0.283. The van der Waals surface area contributed by atoms with Crippen LogP contribution >= 0.6 is 0 Å². The van der Waals surface area contributed by atoms with Crippen molar-refractivity contribution in [2.24, 2.45) is 23.0 Å². The summed E-state index contributed by atoms with van der Waals surface area (Å²) >= 11 is 0. The van der Waals surface area contributed by atoms with Gasteiger partial charge in [0, 0.05) is 0 Å². The molecule has 1 saturated heterocycles. The standard InChI is InChI=1S/C32H46BN3O4/c1-6-7-8-13-28(33-39-27-19-24-18-26(31(24,3)4)32(27,5)40-33)36-29(37)20(2)35-30(38)25(34)17-21-14-15-22-11-9-10-12-23(22)16-21/h9-12,14-16,20,24-28H,6-8,13,17-19,34H2,1-5H3,(H,35,38)(H,36,37)/t20-,24-,25+,26-,27+,28-,32-/m0/s1. The van der Waals surface area contributed by atoms with E-state index in [2.05, 4.69) is 50.5 Å². The Morgan fingerprint density at radius 1 is 1.05 bits per heavy atom. The van der Waals surface area contributed by atoms with Crippen LogP contribution in [0.2, 0.25) is 0 Å². The predicted molar refractivity (Wildman–Crippen MR) is 159 cm³/mol. The van der Waals surface area contributed by atoms with Gasteiger partial charge in [-0.3, -0.25) is 9.59 Å². The Kier molecular flexibility index (Phi) is 8.33. The first-order valence-corrected chi connectivity index (χ1v) is 15.2. The second-order valence-electron chi connectivity index (χ2n) is 13.2. The van der Waals surface area contributed by atoms with E-state index in [1.54, 1.807) is 6.92 Å². The predicted octanol–water partition coefficient (Wildman–Crippen LogP) is 4.55. The van der Waals surface area contributed by atoms with Gasteiger partial charge in [-0.1, -0.05) is 82.5 Å². The van der Waals surface area contributed by atoms with Gasteiger partial charge >= 0.3 is 7.12 Å². The Balaban J connectivity index is 1.18. The second kappa shape index (κ2) is 11.5. The van der Waals surface area contributed by atoms with E-state index in [4.69, 9.17) is 15.0 Å². The smallest absolute Gasteiger partial charge is 0.404 e. The van der Waals surface area contributed by atoms with Gasteiger partial charge in [0.2, 0.25) is 11.8 Å². The summed E-state index contributed by atoms with van der Waals surface area (Å²) in [7, 11) is -0.482. The lowest BCUT2D eigenvalue weighted by Gasteiger charge is -2.64. The van der Waals surface area contributed by atoms with E-state index < -0.39 is 19.2 Å². The topological polar surface area (TPSA) is 103 Å². The summed E-state index contributed by atoms with van der Waals surface area (Å²) in [6, 6.07) is 12.7. The molecule has 8 heteroatoms. The number of unbranched alkanes of at least 4 members (excludes halogenated alkanes) is 2. The lowest BCUT2D eigenvalue weighted by atomic mass is 9.43. The molecule has 2 aromatic rings. The van der Waals surface area contributed by atoms with E-state index in [0.717, 1.165) is 48.4 Å². The van der Waals surface area contributed by atoms with Crippen molar-refractivity contribution in [2.45, 2.75) is 109 Å². The first-order valence-electron chi connectivity index (χ1n) is 15.2. The fourth-order valence-corrected chi connectivity index (χ4v) is 7.37. The number of rotatable bonds is 11. The van der Waals surface area contributed by atoms with Crippen LogP contribution in [0.25, 0.3) is 10.8 Å². The van der Waals surface area contributed by atoms with Gasteiger partial charge in [0.1, 0.15) is 6.04 Å². The molecule has 7 nitrogen and oxygen atoms in total. The maximum atomic E-state index is 13.3. The molecule has 2 amide bonds. The largest absolute Gasteiger partial charge is 0.481 e. The zero-order chi connectivity index (χ0) is 28.7. The molecule has 6 rings (SSSR count). The molecular weight excluding hydrogens is 501 g/mol. The number of nitrogens with two attached hydrogens (primary N) is 1. The van der Waals surface area contributed by atoms with Crippen molar-refractivity contribution >= 4 is 29.7 Å². The minimum absolute atomic E-state index is 0.0603. The highest BCUT2D eigenvalue weighted by Gasteiger charge is 2.68. The monoisotopic (exact) mass is 547 g/mol. The highest BCUT2D eigenvalue weighted by atomic mass is 16.7. The zero-order valence-corrected chi connectivity index (χ0v) is 24.7. The van der Waals surface area contributed by atoms with Crippen LogP contribution < -0.4 is 16.4 Å². The van der Waals surface area contributed by atoms with E-state index in [-0.39, 0.29) is 34.9 Å². The van der Waals surface area contributed by atoms with Gasteiger partial charge in [-0.05, 0) is 73.1 Å². The first-order chi connectivity index (χ1) is 19.0. The molecule has 0 radical (unpaired) electrons. The fraction of sp³-hybridized carbons (Fsp3) is 0.625. The van der Waals surface area contributed by atoms with Gasteiger partial charge in [-0.25, -0.2) is 0 Å². The van der Waals surface area contributed by atoms with E-state index >= 15 is 0 Å². The van der Waals surface area contributed by atoms with Gasteiger partial charge in [0.05, 0.1) is 23.7 Å². The van der Waals surface area contributed by atoms with Crippen molar-refractivity contribution in [3.63, 3.8) is 0 Å². The summed E-state index contributed by atoms with van der Waals surface area (Å²) in [5, 5.41) is 8.24. The van der Waals surface area contributed by atoms with Gasteiger partial charge < -0.3 is 25.7 Å². The lowest BCUT2D eigenvalue weighted by molar-refractivity contribution is -0.199. The van der Waals surface area contributed by atoms with Gasteiger partial charge in [-0.15, -0.1) is 0 Å². The number of carbonyl (C=O) groups excluding carboxylic acids is 2. The molecule has 4 N–H and O–H groups in total. The number of hydrogen-bond acceptors (Lipinski definition) is 5. The number of amides is 2. The number of fused-ring (bicyclic) bond motifs is 1. The molecule has 40 heavy (non-hydrogen) atoms. The van der Waals surface area contributed by atoms with Gasteiger partial charge in [-0.2, -0.15) is 0 Å². The zero-order valence-electron chi connectivity index (χ0n) is 24.7. The van der Waals surface area contributed by atoms with E-state index in [0.29, 0.717) is 18.3 Å². The minimum atomic E-state index is -0.754. The average molecular weight is 548 g/mol. The highest BCUT2D eigenvalue weighted by Crippen LogP contribution is 2.65. The first kappa shape index (κ1) is 29.1. The second-order valence-corrected chi connectivity index (χ2v) is 13.2. The Labute approximate surface area is 239 Å². The third kappa shape index (κ3) is 5.55. The minimum Gasteiger partial charge on any atom is -0.404 e. The fourth-order valence-electron chi connectivity index (χ4n) is 7.37. The third-order valence-corrected chi connectivity index (χ3v) is 10.1. The molecule has 1 aliphatic heterocycles. The summed E-state index contributed by atoms with van der Waals surface area (Å²) in [6.45, 7) is 10.8. The van der Waals surface area contributed by atoms with Crippen molar-refractivity contribution in [2.75, 3.05) is 0 Å². The molecule has 2 aromatic carbocycles. The number of benzene rings is 2. The molecule has 0 aromatic heterocycles. The molecule has 3 aliphatic carbocycles. The summed E-state index contributed by atoms with van der Waals surface area (Å²) < 4.78 is 13.2. The van der Waals surface area contributed by atoms with E-state index in [9.17, 15) is 9.59 Å². The van der Waals surface area contributed by atoms with Crippen LogP contribution in [0, 0.1) is 17.3 Å². The molecule has 7 atom stereocenters. The van der Waals surface area contributed by atoms with Crippen LogP contribution in [0.3, 0.4) is 0 Å². The molecule has 216 valence electrons. The van der Waals surface area contributed by atoms with Crippen molar-refractivity contribution < 1.29 is 18.9 Å². The normalized spacial score (nSPS) is 28.8. The van der Waals surface area contributed by atoms with Crippen LogP contribution in [0.1, 0.15) is 78.7 Å². The third-order valence-electron chi connectivity index (χ3n) is 10.1. The Hall–Kier alpha value is -2.42. The maximum Gasteiger partial charge on any atom is 0.481 e. The Morgan fingerprint density at radius 3 is 2.52 bits per heavy atom. The summed E-state index contributed by atoms with van der Waals surface area (Å²) in [5.74, 6) is 0.271. The average Bonchev–Trinajstić information content (AvgIpc) is 3.29. The number of hydrogen-bond donors (Lipinski definition) is 3.